The van der Waals surface area contributed by atoms with Crippen molar-refractivity contribution in [2.45, 2.75) is 32.6 Å². The maximum atomic E-state index is 5.57. The second-order valence-electron chi connectivity index (χ2n) is 3.54. The Morgan fingerprint density at radius 3 is 2.53 bits per heavy atom. The predicted molar refractivity (Wildman–Crippen MR) is 67.3 cm³/mol. The Labute approximate surface area is 97.7 Å². The Bertz CT molecular complexity index is 327. The number of halogens is 1. The molecule has 0 fully saturated rings. The van der Waals surface area contributed by atoms with Gasteiger partial charge in [-0.25, -0.2) is 0 Å². The van der Waals surface area contributed by atoms with Gasteiger partial charge in [0.05, 0.1) is 0 Å². The first-order valence-electron chi connectivity index (χ1n) is 5.50. The lowest BCUT2D eigenvalue weighted by atomic mass is 10.1. The zero-order chi connectivity index (χ0) is 10.9. The summed E-state index contributed by atoms with van der Waals surface area (Å²) in [6.45, 7) is 2.19. The molecule has 0 aromatic heterocycles. The second kappa shape index (κ2) is 7.37. The highest BCUT2D eigenvalue weighted by atomic mass is 35.5. The van der Waals surface area contributed by atoms with Crippen molar-refractivity contribution >= 4 is 11.6 Å². The third-order valence-electron chi connectivity index (χ3n) is 2.16. The van der Waals surface area contributed by atoms with Crippen molar-refractivity contribution in [3.63, 3.8) is 0 Å². The molecule has 0 atom stereocenters. The number of benzene rings is 1. The zero-order valence-electron chi connectivity index (χ0n) is 9.22. The predicted octanol–water partition coefficient (Wildman–Crippen LogP) is 4.01. The van der Waals surface area contributed by atoms with Crippen molar-refractivity contribution in [2.24, 2.45) is 0 Å². The lowest BCUT2D eigenvalue weighted by Gasteiger charge is -1.97. The molecular weight excluding hydrogens is 204 g/mol. The van der Waals surface area contributed by atoms with Gasteiger partial charge in [0.1, 0.15) is 0 Å². The second-order valence-corrected chi connectivity index (χ2v) is 3.92. The Kier molecular flexibility index (Phi) is 5.97. The summed E-state index contributed by atoms with van der Waals surface area (Å²) in [5, 5.41) is 0. The van der Waals surface area contributed by atoms with Crippen molar-refractivity contribution < 1.29 is 0 Å². The summed E-state index contributed by atoms with van der Waals surface area (Å²) in [5.74, 6) is 6.96. The number of aryl methyl sites for hydroxylation is 1. The molecule has 0 unspecified atom stereocenters. The van der Waals surface area contributed by atoms with Crippen LogP contribution in [0.2, 0.25) is 0 Å². The summed E-state index contributed by atoms with van der Waals surface area (Å²) in [7, 11) is 0. The molecule has 0 N–H and O–H groups in total. The smallest absolute Gasteiger partial charge is 0.0245 e. The summed E-state index contributed by atoms with van der Waals surface area (Å²) < 4.78 is 0. The summed E-state index contributed by atoms with van der Waals surface area (Å²) in [4.78, 5) is 0. The van der Waals surface area contributed by atoms with E-state index in [1.165, 1.54) is 12.0 Å². The molecule has 1 aromatic carbocycles. The van der Waals surface area contributed by atoms with Gasteiger partial charge in [0.25, 0.3) is 0 Å². The largest absolute Gasteiger partial charge is 0.127 e. The normalized spacial score (nSPS) is 9.47. The summed E-state index contributed by atoms with van der Waals surface area (Å²) >= 11 is 5.57. The maximum absolute atomic E-state index is 5.57. The molecule has 0 saturated heterocycles. The van der Waals surface area contributed by atoms with Crippen molar-refractivity contribution in [3.05, 3.63) is 35.4 Å². The third kappa shape index (κ3) is 4.91. The van der Waals surface area contributed by atoms with E-state index in [9.17, 15) is 0 Å². The van der Waals surface area contributed by atoms with E-state index in [0.717, 1.165) is 24.8 Å². The Hall–Kier alpha value is -0.930. The van der Waals surface area contributed by atoms with E-state index < -0.39 is 0 Å². The van der Waals surface area contributed by atoms with Crippen LogP contribution in [0.4, 0.5) is 0 Å². The highest BCUT2D eigenvalue weighted by molar-refractivity contribution is 6.17. The SMILES string of the molecule is CCCc1ccc(C#CCCCCl)cc1. The molecule has 0 nitrogen and oxygen atoms in total. The topological polar surface area (TPSA) is 0 Å². The van der Waals surface area contributed by atoms with Gasteiger partial charge in [-0.1, -0.05) is 37.3 Å². The van der Waals surface area contributed by atoms with Crippen LogP contribution in [0.1, 0.15) is 37.3 Å². The highest BCUT2D eigenvalue weighted by Gasteiger charge is 1.90. The Morgan fingerprint density at radius 2 is 1.93 bits per heavy atom. The number of unbranched alkanes of at least 4 members (excludes halogenated alkanes) is 1. The Balaban J connectivity index is 2.51. The first-order chi connectivity index (χ1) is 7.36. The van der Waals surface area contributed by atoms with Gasteiger partial charge in [-0.3, -0.25) is 0 Å². The van der Waals surface area contributed by atoms with Crippen LogP contribution in [0.5, 0.6) is 0 Å². The molecule has 1 aromatic rings. The van der Waals surface area contributed by atoms with E-state index in [1.54, 1.807) is 0 Å². The molecule has 0 amide bonds. The fourth-order valence-corrected chi connectivity index (χ4v) is 1.50. The number of alkyl halides is 1. The number of hydrogen-bond donors (Lipinski definition) is 0. The molecule has 0 aliphatic carbocycles. The van der Waals surface area contributed by atoms with E-state index in [2.05, 4.69) is 43.0 Å². The third-order valence-corrected chi connectivity index (χ3v) is 2.43. The summed E-state index contributed by atoms with van der Waals surface area (Å²) in [5.41, 5.74) is 2.49. The summed E-state index contributed by atoms with van der Waals surface area (Å²) in [6, 6.07) is 8.52. The molecule has 0 spiro atoms. The van der Waals surface area contributed by atoms with Crippen LogP contribution in [-0.2, 0) is 6.42 Å². The molecule has 0 bridgehead atoms. The molecule has 1 heteroatoms. The molecule has 0 heterocycles. The number of rotatable bonds is 4. The minimum absolute atomic E-state index is 0.699. The monoisotopic (exact) mass is 220 g/mol. The van der Waals surface area contributed by atoms with E-state index in [-0.39, 0.29) is 0 Å². The van der Waals surface area contributed by atoms with Crippen molar-refractivity contribution in [1.29, 1.82) is 0 Å². The van der Waals surface area contributed by atoms with Crippen LogP contribution < -0.4 is 0 Å². The minimum Gasteiger partial charge on any atom is -0.127 e. The van der Waals surface area contributed by atoms with Crippen LogP contribution in [0.15, 0.2) is 24.3 Å². The standard InChI is InChI=1S/C14H17Cl/c1-2-6-13-8-10-14(11-9-13)7-4-3-5-12-15/h8-11H,2-3,5-6,12H2,1H3. The van der Waals surface area contributed by atoms with Gasteiger partial charge in [0.15, 0.2) is 0 Å². The molecule has 1 rings (SSSR count). The van der Waals surface area contributed by atoms with Crippen molar-refractivity contribution in [2.75, 3.05) is 5.88 Å². The molecular formula is C14H17Cl. The van der Waals surface area contributed by atoms with E-state index >= 15 is 0 Å². The van der Waals surface area contributed by atoms with Gasteiger partial charge in [-0.05, 0) is 30.5 Å². The summed E-state index contributed by atoms with van der Waals surface area (Å²) in [6.07, 6.45) is 4.21. The number of hydrogen-bond acceptors (Lipinski definition) is 0. The molecule has 0 saturated carbocycles. The van der Waals surface area contributed by atoms with Crippen LogP contribution in [-0.4, -0.2) is 5.88 Å². The molecule has 0 aliphatic rings. The lowest BCUT2D eigenvalue weighted by Crippen LogP contribution is -1.82. The van der Waals surface area contributed by atoms with Gasteiger partial charge in [-0.15, -0.1) is 11.6 Å². The van der Waals surface area contributed by atoms with Gasteiger partial charge in [0, 0.05) is 17.9 Å². The van der Waals surface area contributed by atoms with E-state index in [0.29, 0.717) is 5.88 Å². The molecule has 80 valence electrons. The fourth-order valence-electron chi connectivity index (χ4n) is 1.36. The first kappa shape index (κ1) is 12.1. The fraction of sp³-hybridized carbons (Fsp3) is 0.429. The average molecular weight is 221 g/mol. The van der Waals surface area contributed by atoms with Gasteiger partial charge < -0.3 is 0 Å². The van der Waals surface area contributed by atoms with E-state index in [4.69, 9.17) is 11.6 Å². The minimum atomic E-state index is 0.699. The molecule has 0 aliphatic heterocycles. The van der Waals surface area contributed by atoms with Gasteiger partial charge in [-0.2, -0.15) is 0 Å². The highest BCUT2D eigenvalue weighted by Crippen LogP contribution is 2.05. The quantitative estimate of drug-likeness (QED) is 0.409. The van der Waals surface area contributed by atoms with Crippen LogP contribution >= 0.6 is 11.6 Å². The maximum Gasteiger partial charge on any atom is 0.0245 e. The zero-order valence-corrected chi connectivity index (χ0v) is 9.98. The van der Waals surface area contributed by atoms with Crippen LogP contribution in [0, 0.1) is 11.8 Å². The first-order valence-corrected chi connectivity index (χ1v) is 6.04. The van der Waals surface area contributed by atoms with Gasteiger partial charge in [0.2, 0.25) is 0 Å². The van der Waals surface area contributed by atoms with Crippen molar-refractivity contribution in [1.82, 2.24) is 0 Å². The lowest BCUT2D eigenvalue weighted by molar-refractivity contribution is 0.922. The van der Waals surface area contributed by atoms with Crippen LogP contribution in [0.3, 0.4) is 0 Å². The van der Waals surface area contributed by atoms with E-state index in [1.807, 2.05) is 0 Å². The molecule has 15 heavy (non-hydrogen) atoms. The Morgan fingerprint density at radius 1 is 1.20 bits per heavy atom. The van der Waals surface area contributed by atoms with Gasteiger partial charge >= 0.3 is 0 Å². The van der Waals surface area contributed by atoms with Crippen molar-refractivity contribution in [3.8, 4) is 11.8 Å². The van der Waals surface area contributed by atoms with Crippen LogP contribution in [0.25, 0.3) is 0 Å². The average Bonchev–Trinajstić information content (AvgIpc) is 2.27. The molecule has 0 radical (unpaired) electrons.